The molecule has 0 fully saturated rings. The SMILES string of the molecule is c1ccc(-c2ccc(N(c3ccc(-c4ccccc4)cc3)c3cc(-c4ccc5c6ccccc6c6ccccc6c5c4)c4oc5ccc6oc7ccccc7c6c5c4c3)cc2)cc1. The number of benzene rings is 11. The van der Waals surface area contributed by atoms with Gasteiger partial charge in [-0.1, -0.05) is 164 Å². The molecule has 0 bridgehead atoms. The molecule has 294 valence electrons. The van der Waals surface area contributed by atoms with Gasteiger partial charge in [-0.2, -0.15) is 0 Å². The van der Waals surface area contributed by atoms with Crippen LogP contribution >= 0.6 is 0 Å². The summed E-state index contributed by atoms with van der Waals surface area (Å²) in [5, 5.41) is 11.6. The molecule has 13 aromatic rings. The summed E-state index contributed by atoms with van der Waals surface area (Å²) in [6, 6.07) is 80.5. The van der Waals surface area contributed by atoms with E-state index in [1.54, 1.807) is 0 Å². The first kappa shape index (κ1) is 35.4. The van der Waals surface area contributed by atoms with Gasteiger partial charge in [0.25, 0.3) is 0 Å². The fourth-order valence-electron chi connectivity index (χ4n) is 9.90. The number of hydrogen-bond donors (Lipinski definition) is 0. The molecule has 0 saturated heterocycles. The van der Waals surface area contributed by atoms with Crippen LogP contribution in [0.2, 0.25) is 0 Å². The van der Waals surface area contributed by atoms with Crippen LogP contribution in [0.5, 0.6) is 0 Å². The molecule has 63 heavy (non-hydrogen) atoms. The van der Waals surface area contributed by atoms with E-state index in [2.05, 4.69) is 211 Å². The minimum Gasteiger partial charge on any atom is -0.456 e. The number of anilines is 3. The molecule has 0 unspecified atom stereocenters. The number of nitrogens with zero attached hydrogens (tertiary/aromatic N) is 1. The molecule has 0 radical (unpaired) electrons. The molecular formula is C60H37NO2. The minimum absolute atomic E-state index is 0.825. The van der Waals surface area contributed by atoms with Gasteiger partial charge in [0.2, 0.25) is 0 Å². The number of rotatable bonds is 6. The fourth-order valence-corrected chi connectivity index (χ4v) is 9.90. The molecule has 0 saturated carbocycles. The zero-order chi connectivity index (χ0) is 41.4. The monoisotopic (exact) mass is 803 g/mol. The Morgan fingerprint density at radius 1 is 0.254 bits per heavy atom. The van der Waals surface area contributed by atoms with Crippen molar-refractivity contribution >= 4 is 93.3 Å². The zero-order valence-corrected chi connectivity index (χ0v) is 34.1. The van der Waals surface area contributed by atoms with Crippen molar-refractivity contribution in [2.45, 2.75) is 0 Å². The maximum absolute atomic E-state index is 7.05. The van der Waals surface area contributed by atoms with Crippen molar-refractivity contribution in [1.29, 1.82) is 0 Å². The Morgan fingerprint density at radius 2 is 0.698 bits per heavy atom. The largest absolute Gasteiger partial charge is 0.456 e. The van der Waals surface area contributed by atoms with Crippen LogP contribution < -0.4 is 4.90 Å². The van der Waals surface area contributed by atoms with Crippen LogP contribution in [0.25, 0.3) is 110 Å². The van der Waals surface area contributed by atoms with Gasteiger partial charge >= 0.3 is 0 Å². The highest BCUT2D eigenvalue weighted by molar-refractivity contribution is 6.28. The van der Waals surface area contributed by atoms with Gasteiger partial charge in [0.1, 0.15) is 22.3 Å². The summed E-state index contributed by atoms with van der Waals surface area (Å²) in [6.45, 7) is 0. The van der Waals surface area contributed by atoms with Crippen molar-refractivity contribution in [2.24, 2.45) is 0 Å². The Kier molecular flexibility index (Phi) is 7.91. The predicted octanol–water partition coefficient (Wildman–Crippen LogP) is 17.4. The lowest BCUT2D eigenvalue weighted by molar-refractivity contribution is 0.663. The van der Waals surface area contributed by atoms with Crippen molar-refractivity contribution < 1.29 is 8.83 Å². The Hall–Kier alpha value is -8.40. The first-order chi connectivity index (χ1) is 31.2. The van der Waals surface area contributed by atoms with E-state index in [0.717, 1.165) is 72.1 Å². The van der Waals surface area contributed by atoms with Crippen LogP contribution in [0.4, 0.5) is 17.1 Å². The molecule has 11 aromatic carbocycles. The second kappa shape index (κ2) is 14.1. The molecule has 13 rings (SSSR count). The van der Waals surface area contributed by atoms with E-state index in [-0.39, 0.29) is 0 Å². The van der Waals surface area contributed by atoms with Crippen LogP contribution in [0.1, 0.15) is 0 Å². The summed E-state index contributed by atoms with van der Waals surface area (Å²) in [5.41, 5.74) is 13.3. The van der Waals surface area contributed by atoms with Gasteiger partial charge in [0.05, 0.1) is 0 Å². The van der Waals surface area contributed by atoms with Crippen LogP contribution in [-0.2, 0) is 0 Å². The quantitative estimate of drug-likeness (QED) is 0.157. The number of fused-ring (bicyclic) bond motifs is 13. The molecule has 0 N–H and O–H groups in total. The molecule has 0 spiro atoms. The second-order valence-corrected chi connectivity index (χ2v) is 16.4. The second-order valence-electron chi connectivity index (χ2n) is 16.4. The van der Waals surface area contributed by atoms with Gasteiger partial charge in [-0.25, -0.2) is 0 Å². The number of furan rings is 2. The zero-order valence-electron chi connectivity index (χ0n) is 34.1. The van der Waals surface area contributed by atoms with Crippen LogP contribution in [0.3, 0.4) is 0 Å². The van der Waals surface area contributed by atoms with Crippen LogP contribution in [-0.4, -0.2) is 0 Å². The summed E-state index contributed by atoms with van der Waals surface area (Å²) >= 11 is 0. The van der Waals surface area contributed by atoms with E-state index in [1.165, 1.54) is 54.6 Å². The third kappa shape index (κ3) is 5.67. The molecule has 0 amide bonds. The van der Waals surface area contributed by atoms with Crippen molar-refractivity contribution in [3.05, 3.63) is 224 Å². The molecule has 3 nitrogen and oxygen atoms in total. The van der Waals surface area contributed by atoms with Crippen LogP contribution in [0, 0.1) is 0 Å². The van der Waals surface area contributed by atoms with E-state index in [4.69, 9.17) is 8.83 Å². The lowest BCUT2D eigenvalue weighted by Crippen LogP contribution is -2.10. The summed E-state index contributed by atoms with van der Waals surface area (Å²) in [5.74, 6) is 0. The third-order valence-corrected chi connectivity index (χ3v) is 12.8. The number of hydrogen-bond acceptors (Lipinski definition) is 3. The smallest absolute Gasteiger partial charge is 0.143 e. The van der Waals surface area contributed by atoms with Gasteiger partial charge in [-0.05, 0) is 121 Å². The Labute approximate surface area is 363 Å². The van der Waals surface area contributed by atoms with Crippen molar-refractivity contribution in [2.75, 3.05) is 4.90 Å². The van der Waals surface area contributed by atoms with E-state index >= 15 is 0 Å². The first-order valence-electron chi connectivity index (χ1n) is 21.5. The van der Waals surface area contributed by atoms with E-state index in [9.17, 15) is 0 Å². The maximum Gasteiger partial charge on any atom is 0.143 e. The molecule has 0 aliphatic heterocycles. The van der Waals surface area contributed by atoms with Crippen molar-refractivity contribution in [1.82, 2.24) is 0 Å². The predicted molar refractivity (Wildman–Crippen MR) is 265 cm³/mol. The molecule has 0 aliphatic carbocycles. The highest BCUT2D eigenvalue weighted by atomic mass is 16.3. The average Bonchev–Trinajstić information content (AvgIpc) is 3.93. The summed E-state index contributed by atoms with van der Waals surface area (Å²) in [6.07, 6.45) is 0. The minimum atomic E-state index is 0.825. The Bertz CT molecular complexity index is 3760. The van der Waals surface area contributed by atoms with Gasteiger partial charge in [-0.3, -0.25) is 0 Å². The highest BCUT2D eigenvalue weighted by Crippen LogP contribution is 2.48. The lowest BCUT2D eigenvalue weighted by atomic mass is 9.91. The molecule has 0 atom stereocenters. The highest BCUT2D eigenvalue weighted by Gasteiger charge is 2.23. The number of para-hydroxylation sites is 1. The van der Waals surface area contributed by atoms with Gasteiger partial charge in [0.15, 0.2) is 0 Å². The molecule has 0 aliphatic rings. The van der Waals surface area contributed by atoms with E-state index in [1.807, 2.05) is 18.2 Å². The molecule has 3 heteroatoms. The average molecular weight is 804 g/mol. The lowest BCUT2D eigenvalue weighted by Gasteiger charge is -2.27. The fraction of sp³-hybridized carbons (Fsp3) is 0. The molecular weight excluding hydrogens is 767 g/mol. The van der Waals surface area contributed by atoms with E-state index < -0.39 is 0 Å². The molecule has 2 aromatic heterocycles. The molecule has 2 heterocycles. The van der Waals surface area contributed by atoms with Crippen molar-refractivity contribution in [3.8, 4) is 33.4 Å². The summed E-state index contributed by atoms with van der Waals surface area (Å²) in [7, 11) is 0. The van der Waals surface area contributed by atoms with Gasteiger partial charge in [-0.15, -0.1) is 0 Å². The Balaban J connectivity index is 1.10. The normalized spacial score (nSPS) is 11.8. The first-order valence-corrected chi connectivity index (χ1v) is 21.5. The van der Waals surface area contributed by atoms with Crippen molar-refractivity contribution in [3.63, 3.8) is 0 Å². The topological polar surface area (TPSA) is 29.5 Å². The van der Waals surface area contributed by atoms with Crippen LogP contribution in [0.15, 0.2) is 233 Å². The van der Waals surface area contributed by atoms with Gasteiger partial charge < -0.3 is 13.7 Å². The maximum atomic E-state index is 7.05. The summed E-state index contributed by atoms with van der Waals surface area (Å²) < 4.78 is 13.5. The van der Waals surface area contributed by atoms with E-state index in [0.29, 0.717) is 0 Å². The standard InChI is InChI=1S/C60H37NO2/c1-3-13-38(14-4-1)40-23-28-43(29-24-40)61(44-30-25-41(26-31-44)39-15-5-2-6-16-39)45-36-52(42-27-32-50-48-19-8-7-17-46(48)47-18-9-10-20-49(47)53(50)35-42)60-54(37-45)59-57(63-60)34-33-56-58(59)51-21-11-12-22-55(51)62-56/h1-37H. The Morgan fingerprint density at radius 3 is 1.29 bits per heavy atom. The third-order valence-electron chi connectivity index (χ3n) is 12.8. The summed E-state index contributed by atoms with van der Waals surface area (Å²) in [4.78, 5) is 2.38. The van der Waals surface area contributed by atoms with Gasteiger partial charge in [0, 0.05) is 44.2 Å².